The Balaban J connectivity index is 1.82. The highest BCUT2D eigenvalue weighted by molar-refractivity contribution is 7.92. The fraction of sp³-hybridized carbons (Fsp3) is 0.208. The highest BCUT2D eigenvalue weighted by atomic mass is 32.2. The number of halogens is 6. The van der Waals surface area contributed by atoms with E-state index in [0.717, 1.165) is 54.6 Å². The maximum atomic E-state index is 13.0. The number of ether oxygens (including phenoxy) is 2. The molecule has 0 aliphatic heterocycles. The monoisotopic (exact) mass is 578 g/mol. The normalized spacial score (nSPS) is 12.9. The molecule has 0 aromatic heterocycles. The largest absolute Gasteiger partial charge is 0.573 e. The number of aliphatic hydroxyl groups is 1. The zero-order valence-corrected chi connectivity index (χ0v) is 20.6. The fourth-order valence-electron chi connectivity index (χ4n) is 3.29. The van der Waals surface area contributed by atoms with Gasteiger partial charge in [0.15, 0.2) is 6.10 Å². The van der Waals surface area contributed by atoms with E-state index in [1.54, 1.807) is 0 Å². The zero-order chi connectivity index (χ0) is 29.0. The molecule has 3 rings (SSSR count). The predicted molar refractivity (Wildman–Crippen MR) is 127 cm³/mol. The van der Waals surface area contributed by atoms with Crippen molar-refractivity contribution in [3.63, 3.8) is 0 Å². The van der Waals surface area contributed by atoms with E-state index in [-0.39, 0.29) is 29.3 Å². The molecule has 0 saturated carbocycles. The van der Waals surface area contributed by atoms with Gasteiger partial charge in [0.25, 0.3) is 15.9 Å². The van der Waals surface area contributed by atoms with Gasteiger partial charge in [0.1, 0.15) is 16.4 Å². The maximum Gasteiger partial charge on any atom is 0.573 e. The van der Waals surface area contributed by atoms with Gasteiger partial charge in [-0.05, 0) is 48.9 Å². The van der Waals surface area contributed by atoms with Crippen LogP contribution in [0.1, 0.15) is 24.2 Å². The molecule has 0 aliphatic rings. The SMILES string of the molecule is CCOc1cc(NC(=O)C(O)c2cccc(C(F)(F)F)c2)ccc1S(=O)(=O)Nc1cccc(OC(F)(F)F)c1. The van der Waals surface area contributed by atoms with Gasteiger partial charge in [-0.25, -0.2) is 8.42 Å². The third kappa shape index (κ3) is 8.00. The summed E-state index contributed by atoms with van der Waals surface area (Å²) in [4.78, 5) is 12.0. The number of alkyl halides is 6. The van der Waals surface area contributed by atoms with Crippen LogP contribution >= 0.6 is 0 Å². The molecule has 1 unspecified atom stereocenters. The Hall–Kier alpha value is -3.98. The van der Waals surface area contributed by atoms with Crippen LogP contribution in [0.4, 0.5) is 37.7 Å². The van der Waals surface area contributed by atoms with E-state index in [1.807, 2.05) is 0 Å². The van der Waals surface area contributed by atoms with E-state index >= 15 is 0 Å². The topological polar surface area (TPSA) is 114 Å². The third-order valence-corrected chi connectivity index (χ3v) is 6.32. The number of carbonyl (C=O) groups is 1. The summed E-state index contributed by atoms with van der Waals surface area (Å²) in [6.07, 6.45) is -11.7. The molecule has 3 aromatic rings. The van der Waals surface area contributed by atoms with Gasteiger partial charge in [0, 0.05) is 17.8 Å². The lowest BCUT2D eigenvalue weighted by molar-refractivity contribution is -0.274. The molecular formula is C24H20F6N2O6S. The predicted octanol–water partition coefficient (Wildman–Crippen LogP) is 5.48. The van der Waals surface area contributed by atoms with Crippen LogP contribution in [0.2, 0.25) is 0 Å². The molecule has 0 fully saturated rings. The Morgan fingerprint density at radius 2 is 1.64 bits per heavy atom. The molecule has 210 valence electrons. The lowest BCUT2D eigenvalue weighted by Gasteiger charge is -2.17. The Morgan fingerprint density at radius 3 is 2.28 bits per heavy atom. The molecule has 0 aliphatic carbocycles. The number of anilines is 2. The van der Waals surface area contributed by atoms with E-state index in [0.29, 0.717) is 6.07 Å². The molecule has 8 nitrogen and oxygen atoms in total. The van der Waals surface area contributed by atoms with Crippen LogP contribution in [0.15, 0.2) is 71.6 Å². The smallest absolute Gasteiger partial charge is 0.492 e. The lowest BCUT2D eigenvalue weighted by Crippen LogP contribution is -2.21. The number of carbonyl (C=O) groups excluding carboxylic acids is 1. The van der Waals surface area contributed by atoms with E-state index < -0.39 is 50.8 Å². The van der Waals surface area contributed by atoms with Crippen molar-refractivity contribution in [2.24, 2.45) is 0 Å². The van der Waals surface area contributed by atoms with Crippen LogP contribution in [0.25, 0.3) is 0 Å². The van der Waals surface area contributed by atoms with Crippen molar-refractivity contribution in [1.82, 2.24) is 0 Å². The molecule has 1 atom stereocenters. The molecule has 3 aromatic carbocycles. The number of sulfonamides is 1. The van der Waals surface area contributed by atoms with Crippen LogP contribution in [0.5, 0.6) is 11.5 Å². The average Bonchev–Trinajstić information content (AvgIpc) is 2.82. The summed E-state index contributed by atoms with van der Waals surface area (Å²) in [6, 6.07) is 10.9. The first-order valence-corrected chi connectivity index (χ1v) is 12.4. The van der Waals surface area contributed by atoms with Crippen LogP contribution in [-0.2, 0) is 21.0 Å². The first-order valence-electron chi connectivity index (χ1n) is 10.9. The zero-order valence-electron chi connectivity index (χ0n) is 19.8. The van der Waals surface area contributed by atoms with Gasteiger partial charge >= 0.3 is 12.5 Å². The minimum absolute atomic E-state index is 0.0261. The summed E-state index contributed by atoms with van der Waals surface area (Å²) in [6.45, 7) is 1.51. The van der Waals surface area contributed by atoms with Crippen LogP contribution < -0.4 is 19.5 Å². The Labute approximate surface area is 218 Å². The second-order valence-corrected chi connectivity index (χ2v) is 9.44. The summed E-state index contributed by atoms with van der Waals surface area (Å²) in [7, 11) is -4.43. The minimum atomic E-state index is -4.99. The summed E-state index contributed by atoms with van der Waals surface area (Å²) in [5, 5.41) is 12.5. The number of hydrogen-bond acceptors (Lipinski definition) is 6. The Bertz CT molecular complexity index is 1440. The summed E-state index contributed by atoms with van der Waals surface area (Å²) in [5.74, 6) is -2.03. The van der Waals surface area contributed by atoms with Gasteiger partial charge in [0.2, 0.25) is 0 Å². The fourth-order valence-corrected chi connectivity index (χ4v) is 4.47. The Morgan fingerprint density at radius 1 is 0.949 bits per heavy atom. The van der Waals surface area contributed by atoms with E-state index in [1.165, 1.54) is 13.0 Å². The summed E-state index contributed by atoms with van der Waals surface area (Å²) >= 11 is 0. The quantitative estimate of drug-likeness (QED) is 0.290. The molecule has 3 N–H and O–H groups in total. The van der Waals surface area contributed by atoms with Crippen molar-refractivity contribution in [2.45, 2.75) is 30.5 Å². The van der Waals surface area contributed by atoms with Gasteiger partial charge in [-0.2, -0.15) is 13.2 Å². The Kier molecular flexibility index (Phi) is 8.65. The number of nitrogens with one attached hydrogen (secondary N) is 2. The van der Waals surface area contributed by atoms with Crippen LogP contribution in [0.3, 0.4) is 0 Å². The highest BCUT2D eigenvalue weighted by Crippen LogP contribution is 2.33. The number of amides is 1. The van der Waals surface area contributed by atoms with Gasteiger partial charge < -0.3 is 19.9 Å². The molecule has 39 heavy (non-hydrogen) atoms. The van der Waals surface area contributed by atoms with Crippen LogP contribution in [0, 0.1) is 0 Å². The van der Waals surface area contributed by atoms with E-state index in [9.17, 15) is 44.7 Å². The summed E-state index contributed by atoms with van der Waals surface area (Å²) in [5.41, 5.74) is -1.70. The number of aliphatic hydroxyl groups excluding tert-OH is 1. The van der Waals surface area contributed by atoms with Crippen molar-refractivity contribution < 1.29 is 54.1 Å². The van der Waals surface area contributed by atoms with Gasteiger partial charge in [0.05, 0.1) is 17.9 Å². The van der Waals surface area contributed by atoms with Crippen molar-refractivity contribution in [3.05, 3.63) is 77.9 Å². The first-order chi connectivity index (χ1) is 18.1. The number of rotatable bonds is 9. The highest BCUT2D eigenvalue weighted by Gasteiger charge is 2.32. The molecular weight excluding hydrogens is 558 g/mol. The summed E-state index contributed by atoms with van der Waals surface area (Å²) < 4.78 is 113. The standard InChI is InChI=1S/C24H20F6N2O6S/c1-2-37-19-13-16(31-22(34)21(33)14-5-3-6-15(11-14)23(25,26)27)9-10-20(19)39(35,36)32-17-7-4-8-18(12-17)38-24(28,29)30/h3-13,21,32-33H,2H2,1H3,(H,31,34). The van der Waals surface area contributed by atoms with Crippen molar-refractivity contribution >= 4 is 27.3 Å². The molecule has 0 spiro atoms. The second kappa shape index (κ2) is 11.4. The number of benzene rings is 3. The lowest BCUT2D eigenvalue weighted by atomic mass is 10.1. The third-order valence-electron chi connectivity index (χ3n) is 4.90. The molecule has 1 amide bonds. The van der Waals surface area contributed by atoms with Crippen LogP contribution in [-0.4, -0.2) is 32.4 Å². The van der Waals surface area contributed by atoms with E-state index in [4.69, 9.17) is 4.74 Å². The first kappa shape index (κ1) is 29.6. The van der Waals surface area contributed by atoms with Crippen molar-refractivity contribution in [3.8, 4) is 11.5 Å². The molecule has 0 bridgehead atoms. The molecule has 15 heteroatoms. The van der Waals surface area contributed by atoms with Crippen molar-refractivity contribution in [2.75, 3.05) is 16.6 Å². The van der Waals surface area contributed by atoms with Gasteiger partial charge in [-0.15, -0.1) is 13.2 Å². The van der Waals surface area contributed by atoms with Gasteiger partial charge in [-0.3, -0.25) is 9.52 Å². The molecule has 0 heterocycles. The molecule has 0 radical (unpaired) electrons. The molecule has 0 saturated heterocycles. The average molecular weight is 578 g/mol. The minimum Gasteiger partial charge on any atom is -0.492 e. The van der Waals surface area contributed by atoms with Gasteiger partial charge in [-0.1, -0.05) is 18.2 Å². The van der Waals surface area contributed by atoms with E-state index in [2.05, 4.69) is 14.8 Å². The van der Waals surface area contributed by atoms with Crippen molar-refractivity contribution in [1.29, 1.82) is 0 Å². The maximum absolute atomic E-state index is 13.0. The second-order valence-electron chi connectivity index (χ2n) is 7.79. The number of hydrogen-bond donors (Lipinski definition) is 3.